The van der Waals surface area contributed by atoms with Crippen molar-refractivity contribution in [3.05, 3.63) is 24.3 Å². The molecule has 13 heavy (non-hydrogen) atoms. The van der Waals surface area contributed by atoms with Gasteiger partial charge < -0.3 is 0 Å². The lowest BCUT2D eigenvalue weighted by molar-refractivity contribution is -0.110. The molecule has 3 heteroatoms. The normalized spacial score (nSPS) is 16.5. The molecule has 0 radical (unpaired) electrons. The van der Waals surface area contributed by atoms with Gasteiger partial charge in [-0.2, -0.15) is 0 Å². The number of ketones is 1. The van der Waals surface area contributed by atoms with Gasteiger partial charge >= 0.3 is 0 Å². The Hall–Kier alpha value is -0.830. The average Bonchev–Trinajstić information content (AvgIpc) is 2.02. The summed E-state index contributed by atoms with van der Waals surface area (Å²) < 4.78 is 4.42. The highest BCUT2D eigenvalue weighted by molar-refractivity contribution is 7.99. The van der Waals surface area contributed by atoms with Crippen LogP contribution in [0.15, 0.2) is 28.7 Å². The first-order valence-corrected chi connectivity index (χ1v) is 4.91. The van der Waals surface area contributed by atoms with Gasteiger partial charge in [0, 0.05) is 4.75 Å². The zero-order valence-corrected chi connectivity index (χ0v) is 8.89. The van der Waals surface area contributed by atoms with Crippen LogP contribution in [0.25, 0.3) is 0 Å². The molecule has 0 aromatic heterocycles. The number of rotatable bonds is 1. The first-order valence-electron chi connectivity index (χ1n) is 4.14. The van der Waals surface area contributed by atoms with Crippen LogP contribution in [0.2, 0.25) is 0 Å². The molecule has 0 saturated carbocycles. The molecule has 0 N–H and O–H groups in total. The topological polar surface area (TPSA) is 29.4 Å². The molecule has 2 nitrogen and oxygen atoms in total. The largest absolute Gasteiger partial charge is 0.290 e. The average molecular weight is 195 g/mol. The molecule has 0 aromatic carbocycles. The van der Waals surface area contributed by atoms with Crippen molar-refractivity contribution in [3.63, 3.8) is 0 Å². The molecule has 0 fully saturated rings. The van der Waals surface area contributed by atoms with Gasteiger partial charge in [-0.1, -0.05) is 0 Å². The number of carbonyl (C=O) groups excluding carboxylic acids is 1. The van der Waals surface area contributed by atoms with Crippen molar-refractivity contribution < 1.29 is 4.79 Å². The minimum absolute atomic E-state index is 0.0275. The van der Waals surface area contributed by atoms with E-state index in [2.05, 4.69) is 25.2 Å². The predicted molar refractivity (Wildman–Crippen MR) is 58.1 cm³/mol. The Bertz CT molecular complexity index is 277. The molecule has 0 amide bonds. The highest BCUT2D eigenvalue weighted by atomic mass is 32.2. The van der Waals surface area contributed by atoms with Crippen LogP contribution in [-0.4, -0.2) is 16.2 Å². The van der Waals surface area contributed by atoms with E-state index in [1.165, 1.54) is 24.1 Å². The van der Waals surface area contributed by atoms with Gasteiger partial charge in [-0.15, -0.1) is 0 Å². The molecule has 0 atom stereocenters. The standard InChI is InChI=1S/C10H13NOS/c1-10(2,3)13-11-8-4-6-9(12)7-5-8/h4-7H,1-3H3. The summed E-state index contributed by atoms with van der Waals surface area (Å²) in [6, 6.07) is 0. The molecule has 1 aliphatic carbocycles. The summed E-state index contributed by atoms with van der Waals surface area (Å²) in [6.07, 6.45) is 6.53. The Morgan fingerprint density at radius 2 is 1.69 bits per heavy atom. The van der Waals surface area contributed by atoms with Crippen LogP contribution in [0.5, 0.6) is 0 Å². The van der Waals surface area contributed by atoms with E-state index < -0.39 is 0 Å². The molecule has 0 spiro atoms. The smallest absolute Gasteiger partial charge is 0.178 e. The molecule has 70 valence electrons. The van der Waals surface area contributed by atoms with E-state index in [-0.39, 0.29) is 10.5 Å². The minimum atomic E-state index is 0.0275. The lowest BCUT2D eigenvalue weighted by atomic mass is 10.2. The number of hydrogen-bond donors (Lipinski definition) is 0. The fourth-order valence-corrected chi connectivity index (χ4v) is 1.20. The zero-order valence-electron chi connectivity index (χ0n) is 8.07. The van der Waals surface area contributed by atoms with E-state index in [9.17, 15) is 4.79 Å². The Balaban J connectivity index is 2.60. The summed E-state index contributed by atoms with van der Waals surface area (Å²) in [5, 5.41) is 0. The summed E-state index contributed by atoms with van der Waals surface area (Å²) in [5.74, 6) is 0.0275. The Labute approximate surface area is 83.0 Å². The van der Waals surface area contributed by atoms with Crippen molar-refractivity contribution in [3.8, 4) is 0 Å². The highest BCUT2D eigenvalue weighted by Crippen LogP contribution is 2.24. The second kappa shape index (κ2) is 3.92. The Kier molecular flexibility index (Phi) is 3.09. The molecule has 0 unspecified atom stereocenters. The summed E-state index contributed by atoms with van der Waals surface area (Å²) >= 11 is 1.52. The SMILES string of the molecule is CC(C)(C)SN=C1C=CC(=O)C=C1. The van der Waals surface area contributed by atoms with E-state index in [0.29, 0.717) is 0 Å². The third-order valence-corrected chi connectivity index (χ3v) is 2.11. The van der Waals surface area contributed by atoms with E-state index in [0.717, 1.165) is 5.71 Å². The van der Waals surface area contributed by atoms with Crippen molar-refractivity contribution in [1.82, 2.24) is 0 Å². The molecular formula is C10H13NOS. The number of carbonyl (C=O) groups is 1. The van der Waals surface area contributed by atoms with Gasteiger partial charge in [0.1, 0.15) is 0 Å². The Morgan fingerprint density at radius 3 is 2.15 bits per heavy atom. The first-order chi connectivity index (χ1) is 5.97. The maximum atomic E-state index is 10.8. The van der Waals surface area contributed by atoms with Gasteiger partial charge in [0.05, 0.1) is 5.71 Å². The fourth-order valence-electron chi connectivity index (χ4n) is 0.697. The van der Waals surface area contributed by atoms with Crippen LogP contribution < -0.4 is 0 Å². The van der Waals surface area contributed by atoms with Crippen LogP contribution in [0.4, 0.5) is 0 Å². The van der Waals surface area contributed by atoms with Gasteiger partial charge in [-0.25, -0.2) is 4.40 Å². The fraction of sp³-hybridized carbons (Fsp3) is 0.400. The highest BCUT2D eigenvalue weighted by Gasteiger charge is 2.10. The van der Waals surface area contributed by atoms with Gasteiger partial charge in [0.15, 0.2) is 5.78 Å². The Morgan fingerprint density at radius 1 is 1.15 bits per heavy atom. The lowest BCUT2D eigenvalue weighted by Crippen LogP contribution is -2.06. The number of nitrogens with zero attached hydrogens (tertiary/aromatic N) is 1. The molecule has 0 aliphatic heterocycles. The first kappa shape index (κ1) is 10.3. The summed E-state index contributed by atoms with van der Waals surface area (Å²) in [5.41, 5.74) is 0.847. The van der Waals surface area contributed by atoms with E-state index in [1.807, 2.05) is 0 Å². The maximum absolute atomic E-state index is 10.8. The van der Waals surface area contributed by atoms with Crippen molar-refractivity contribution in [2.45, 2.75) is 25.5 Å². The number of allylic oxidation sites excluding steroid dienone is 4. The van der Waals surface area contributed by atoms with Crippen LogP contribution in [-0.2, 0) is 4.79 Å². The second-order valence-corrected chi connectivity index (χ2v) is 5.38. The third kappa shape index (κ3) is 4.08. The molecule has 0 saturated heterocycles. The van der Waals surface area contributed by atoms with E-state index in [1.54, 1.807) is 12.2 Å². The maximum Gasteiger partial charge on any atom is 0.178 e. The van der Waals surface area contributed by atoms with Crippen molar-refractivity contribution in [1.29, 1.82) is 0 Å². The minimum Gasteiger partial charge on any atom is -0.290 e. The summed E-state index contributed by atoms with van der Waals surface area (Å²) in [4.78, 5) is 10.8. The summed E-state index contributed by atoms with van der Waals surface area (Å²) in [7, 11) is 0. The van der Waals surface area contributed by atoms with Gasteiger partial charge in [0.2, 0.25) is 0 Å². The summed E-state index contributed by atoms with van der Waals surface area (Å²) in [6.45, 7) is 6.30. The molecule has 1 rings (SSSR count). The molecular weight excluding hydrogens is 182 g/mol. The predicted octanol–water partition coefficient (Wildman–Crippen LogP) is 2.57. The van der Waals surface area contributed by atoms with Crippen molar-refractivity contribution in [2.24, 2.45) is 4.40 Å². The van der Waals surface area contributed by atoms with Crippen LogP contribution in [0, 0.1) is 0 Å². The zero-order chi connectivity index (χ0) is 9.90. The van der Waals surface area contributed by atoms with Crippen LogP contribution >= 0.6 is 11.9 Å². The van der Waals surface area contributed by atoms with Crippen molar-refractivity contribution >= 4 is 23.4 Å². The van der Waals surface area contributed by atoms with Crippen LogP contribution in [0.1, 0.15) is 20.8 Å². The van der Waals surface area contributed by atoms with E-state index in [4.69, 9.17) is 0 Å². The molecule has 0 aromatic rings. The monoisotopic (exact) mass is 195 g/mol. The molecule has 0 bridgehead atoms. The third-order valence-electron chi connectivity index (χ3n) is 1.26. The quantitative estimate of drug-likeness (QED) is 0.475. The lowest BCUT2D eigenvalue weighted by Gasteiger charge is -2.13. The van der Waals surface area contributed by atoms with Crippen LogP contribution in [0.3, 0.4) is 0 Å². The van der Waals surface area contributed by atoms with Crippen molar-refractivity contribution in [2.75, 3.05) is 0 Å². The number of hydrogen-bond acceptors (Lipinski definition) is 3. The van der Waals surface area contributed by atoms with Gasteiger partial charge in [0.25, 0.3) is 0 Å². The molecule has 0 heterocycles. The van der Waals surface area contributed by atoms with Gasteiger partial charge in [-0.05, 0) is 57.0 Å². The van der Waals surface area contributed by atoms with Gasteiger partial charge in [-0.3, -0.25) is 4.79 Å². The van der Waals surface area contributed by atoms with E-state index >= 15 is 0 Å². The second-order valence-electron chi connectivity index (χ2n) is 3.79. The molecule has 1 aliphatic rings.